The van der Waals surface area contributed by atoms with Crippen molar-refractivity contribution in [2.24, 2.45) is 5.92 Å². The van der Waals surface area contributed by atoms with Gasteiger partial charge in [0, 0.05) is 22.6 Å². The lowest BCUT2D eigenvalue weighted by molar-refractivity contribution is 0.679. The van der Waals surface area contributed by atoms with Crippen molar-refractivity contribution in [1.29, 1.82) is 0 Å². The first-order valence-electron chi connectivity index (χ1n) is 10.4. The second-order valence-corrected chi connectivity index (χ2v) is 11.4. The van der Waals surface area contributed by atoms with E-state index in [1.165, 1.54) is 32.3 Å². The van der Waals surface area contributed by atoms with Crippen molar-refractivity contribution in [3.8, 4) is 0 Å². The first-order chi connectivity index (χ1) is 14.1. The number of thioether (sulfide) groups is 1. The number of hydrogen-bond acceptors (Lipinski definition) is 1. The summed E-state index contributed by atoms with van der Waals surface area (Å²) in [6.45, 7) is 6.80. The van der Waals surface area contributed by atoms with Gasteiger partial charge in [0.15, 0.2) is 10.1 Å². The van der Waals surface area contributed by atoms with E-state index in [0.717, 1.165) is 6.42 Å². The van der Waals surface area contributed by atoms with E-state index in [4.69, 9.17) is 0 Å². The molecule has 0 radical (unpaired) electrons. The molecule has 0 bridgehead atoms. The molecule has 0 saturated carbocycles. The minimum atomic E-state index is 0.110. The summed E-state index contributed by atoms with van der Waals surface area (Å²) in [4.78, 5) is 5.75. The number of allylic oxidation sites excluding steroid dienone is 6. The lowest BCUT2D eigenvalue weighted by Crippen LogP contribution is -2.24. The van der Waals surface area contributed by atoms with E-state index in [1.54, 1.807) is 4.91 Å². The maximum absolute atomic E-state index is 2.46. The lowest BCUT2D eigenvalue weighted by Gasteiger charge is -2.24. The molecule has 2 aliphatic rings. The van der Waals surface area contributed by atoms with Crippen molar-refractivity contribution in [2.45, 2.75) is 48.7 Å². The number of aryl methyl sites for hydroxylation is 1. The Hall–Kier alpha value is -1.90. The molecule has 2 heteroatoms. The van der Waals surface area contributed by atoms with Crippen molar-refractivity contribution in [3.05, 3.63) is 106 Å². The van der Waals surface area contributed by atoms with Crippen LogP contribution in [0.15, 0.2) is 110 Å². The van der Waals surface area contributed by atoms with Gasteiger partial charge in [-0.05, 0) is 62.3 Å². The van der Waals surface area contributed by atoms with Crippen LogP contribution in [-0.4, -0.2) is 5.25 Å². The highest BCUT2D eigenvalue weighted by molar-refractivity contribution is 8.03. The average molecular weight is 418 g/mol. The lowest BCUT2D eigenvalue weighted by atomic mass is 9.95. The SMILES string of the molecule is CC1=CC=C([S+](c2ccc(C)cc2)C2C=CC(Sc3ccccc3)=CC2)CC1C. The Morgan fingerprint density at radius 2 is 1.69 bits per heavy atom. The summed E-state index contributed by atoms with van der Waals surface area (Å²) in [6, 6.07) is 19.9. The Balaban J connectivity index is 1.58. The molecule has 0 saturated heterocycles. The fourth-order valence-electron chi connectivity index (χ4n) is 3.74. The molecule has 2 aliphatic carbocycles. The minimum absolute atomic E-state index is 0.110. The molecule has 2 aromatic rings. The van der Waals surface area contributed by atoms with Gasteiger partial charge in [0.25, 0.3) is 0 Å². The van der Waals surface area contributed by atoms with Crippen LogP contribution in [0, 0.1) is 12.8 Å². The summed E-state index contributed by atoms with van der Waals surface area (Å²) in [5.74, 6) is 0.641. The van der Waals surface area contributed by atoms with Gasteiger partial charge in [0.2, 0.25) is 0 Å². The first-order valence-corrected chi connectivity index (χ1v) is 12.5. The van der Waals surface area contributed by atoms with Crippen LogP contribution in [0.4, 0.5) is 0 Å². The van der Waals surface area contributed by atoms with Crippen LogP contribution in [-0.2, 0) is 10.9 Å². The third kappa shape index (κ3) is 4.99. The topological polar surface area (TPSA) is 0 Å². The van der Waals surface area contributed by atoms with E-state index >= 15 is 0 Å². The van der Waals surface area contributed by atoms with Crippen LogP contribution in [0.5, 0.6) is 0 Å². The molecule has 0 heterocycles. The fourth-order valence-corrected chi connectivity index (χ4v) is 7.27. The van der Waals surface area contributed by atoms with Gasteiger partial charge < -0.3 is 0 Å². The summed E-state index contributed by atoms with van der Waals surface area (Å²) < 4.78 is 0. The fraction of sp³-hybridized carbons (Fsp3) is 0.259. The molecule has 0 aromatic heterocycles. The molecule has 0 fully saturated rings. The smallest absolute Gasteiger partial charge is 0.0904 e. The zero-order chi connectivity index (χ0) is 20.2. The minimum Gasteiger partial charge on any atom is -0.0904 e. The maximum Gasteiger partial charge on any atom is 0.161 e. The first kappa shape index (κ1) is 20.4. The molecule has 0 spiro atoms. The molecule has 2 aromatic carbocycles. The Morgan fingerprint density at radius 1 is 0.931 bits per heavy atom. The Bertz CT molecular complexity index is 961. The number of benzene rings is 2. The molecule has 4 rings (SSSR count). The van der Waals surface area contributed by atoms with Crippen molar-refractivity contribution >= 4 is 22.7 Å². The summed E-state index contributed by atoms with van der Waals surface area (Å²) >= 11 is 1.87. The van der Waals surface area contributed by atoms with Gasteiger partial charge in [-0.3, -0.25) is 0 Å². The summed E-state index contributed by atoms with van der Waals surface area (Å²) in [7, 11) is 0.110. The second kappa shape index (κ2) is 9.28. The molecule has 148 valence electrons. The quantitative estimate of drug-likeness (QED) is 0.446. The van der Waals surface area contributed by atoms with Crippen LogP contribution >= 0.6 is 11.8 Å². The van der Waals surface area contributed by atoms with Gasteiger partial charge in [-0.2, -0.15) is 0 Å². The Kier molecular flexibility index (Phi) is 6.52. The molecule has 0 nitrogen and oxygen atoms in total. The van der Waals surface area contributed by atoms with Crippen LogP contribution in [0.3, 0.4) is 0 Å². The van der Waals surface area contributed by atoms with E-state index in [1.807, 2.05) is 11.8 Å². The molecule has 0 amide bonds. The average Bonchev–Trinajstić information content (AvgIpc) is 2.74. The van der Waals surface area contributed by atoms with E-state index in [2.05, 4.69) is 106 Å². The van der Waals surface area contributed by atoms with Crippen LogP contribution in [0.1, 0.15) is 32.3 Å². The predicted molar refractivity (Wildman–Crippen MR) is 130 cm³/mol. The summed E-state index contributed by atoms with van der Waals surface area (Å²) in [6.07, 6.45) is 14.3. The third-order valence-corrected chi connectivity index (χ3v) is 9.33. The van der Waals surface area contributed by atoms with Gasteiger partial charge in [0.05, 0.1) is 10.9 Å². The van der Waals surface area contributed by atoms with E-state index in [9.17, 15) is 0 Å². The number of rotatable bonds is 5. The van der Waals surface area contributed by atoms with Crippen LogP contribution in [0.2, 0.25) is 0 Å². The molecular weight excluding hydrogens is 388 g/mol. The zero-order valence-corrected chi connectivity index (χ0v) is 19.1. The molecule has 3 atom stereocenters. The van der Waals surface area contributed by atoms with Crippen molar-refractivity contribution in [3.63, 3.8) is 0 Å². The normalized spacial score (nSPS) is 22.5. The molecule has 0 aliphatic heterocycles. The van der Waals surface area contributed by atoms with Crippen molar-refractivity contribution in [2.75, 3.05) is 0 Å². The highest BCUT2D eigenvalue weighted by Gasteiger charge is 2.37. The third-order valence-electron chi connectivity index (χ3n) is 5.68. The molecule has 3 unspecified atom stereocenters. The highest BCUT2D eigenvalue weighted by Crippen LogP contribution is 2.39. The second-order valence-electron chi connectivity index (χ2n) is 7.95. The molecule has 0 N–H and O–H groups in total. The zero-order valence-electron chi connectivity index (χ0n) is 17.5. The Labute approximate surface area is 182 Å². The van der Waals surface area contributed by atoms with Gasteiger partial charge in [-0.15, -0.1) is 0 Å². The van der Waals surface area contributed by atoms with Crippen LogP contribution in [0.25, 0.3) is 0 Å². The number of hydrogen-bond donors (Lipinski definition) is 0. The van der Waals surface area contributed by atoms with E-state index in [0.29, 0.717) is 11.2 Å². The van der Waals surface area contributed by atoms with E-state index in [-0.39, 0.29) is 10.9 Å². The van der Waals surface area contributed by atoms with Gasteiger partial charge in [0.1, 0.15) is 4.91 Å². The molecular formula is C27H29S2+. The van der Waals surface area contributed by atoms with Gasteiger partial charge in [-0.1, -0.05) is 72.3 Å². The highest BCUT2D eigenvalue weighted by atomic mass is 32.2. The summed E-state index contributed by atoms with van der Waals surface area (Å²) in [5.41, 5.74) is 2.83. The van der Waals surface area contributed by atoms with E-state index < -0.39 is 0 Å². The maximum atomic E-state index is 2.46. The summed E-state index contributed by atoms with van der Waals surface area (Å²) in [5, 5.41) is 0.545. The molecule has 29 heavy (non-hydrogen) atoms. The van der Waals surface area contributed by atoms with Crippen LogP contribution < -0.4 is 0 Å². The van der Waals surface area contributed by atoms with Crippen molar-refractivity contribution in [1.82, 2.24) is 0 Å². The largest absolute Gasteiger partial charge is 0.161 e. The van der Waals surface area contributed by atoms with Gasteiger partial charge >= 0.3 is 0 Å². The van der Waals surface area contributed by atoms with Crippen molar-refractivity contribution < 1.29 is 0 Å². The van der Waals surface area contributed by atoms with Gasteiger partial charge in [-0.25, -0.2) is 0 Å². The predicted octanol–water partition coefficient (Wildman–Crippen LogP) is 7.85. The monoisotopic (exact) mass is 417 g/mol. The standard InChI is InChI=1S/C27H29S2/c1-20-9-14-25(15-10-20)29(27-16-11-21(2)22(3)19-27)26-17-12-24(13-18-26)28-23-7-5-4-6-8-23/h4-17,22,26H,18-19H2,1-3H3/q+1. The Morgan fingerprint density at radius 3 is 2.34 bits per heavy atom.